The van der Waals surface area contributed by atoms with Crippen LogP contribution in [0.4, 0.5) is 0 Å². The van der Waals surface area contributed by atoms with Crippen LogP contribution in [0.2, 0.25) is 0 Å². The van der Waals surface area contributed by atoms with Crippen molar-refractivity contribution in [3.63, 3.8) is 0 Å². The van der Waals surface area contributed by atoms with Crippen LogP contribution in [0.25, 0.3) is 10.9 Å². The second-order valence-electron chi connectivity index (χ2n) is 3.90. The summed E-state index contributed by atoms with van der Waals surface area (Å²) in [6.45, 7) is 2.49. The van der Waals surface area contributed by atoms with Crippen molar-refractivity contribution >= 4 is 16.8 Å². The van der Waals surface area contributed by atoms with E-state index in [4.69, 9.17) is 0 Å². The molecule has 0 aliphatic carbocycles. The van der Waals surface area contributed by atoms with E-state index >= 15 is 0 Å². The lowest BCUT2D eigenvalue weighted by Gasteiger charge is -2.01. The lowest BCUT2D eigenvalue weighted by atomic mass is 10.1. The van der Waals surface area contributed by atoms with Gasteiger partial charge in [0.05, 0.1) is 0 Å². The van der Waals surface area contributed by atoms with Crippen LogP contribution in [0, 0.1) is 0 Å². The fourth-order valence-electron chi connectivity index (χ4n) is 1.87. The van der Waals surface area contributed by atoms with Crippen LogP contribution in [0.15, 0.2) is 42.6 Å². The third-order valence-electron chi connectivity index (χ3n) is 2.69. The van der Waals surface area contributed by atoms with Crippen molar-refractivity contribution in [1.29, 1.82) is 0 Å². The molecule has 1 aromatic heterocycles. The second kappa shape index (κ2) is 5.34. The first-order valence-corrected chi connectivity index (χ1v) is 5.77. The molecule has 0 atom stereocenters. The minimum Gasteiger partial charge on any atom is -0.361 e. The van der Waals surface area contributed by atoms with Gasteiger partial charge in [-0.25, -0.2) is 0 Å². The minimum absolute atomic E-state index is 0.0349. The fourth-order valence-corrected chi connectivity index (χ4v) is 1.87. The van der Waals surface area contributed by atoms with E-state index in [9.17, 15) is 4.79 Å². The van der Waals surface area contributed by atoms with Crippen molar-refractivity contribution in [3.8, 4) is 0 Å². The lowest BCUT2D eigenvalue weighted by Crippen LogP contribution is -2.23. The Bertz CT molecular complexity index is 540. The summed E-state index contributed by atoms with van der Waals surface area (Å²) >= 11 is 0. The first-order valence-electron chi connectivity index (χ1n) is 5.77. The summed E-state index contributed by atoms with van der Waals surface area (Å²) in [5.74, 6) is -0.0349. The monoisotopic (exact) mass is 228 g/mol. The third-order valence-corrected chi connectivity index (χ3v) is 2.69. The molecule has 3 nitrogen and oxygen atoms in total. The summed E-state index contributed by atoms with van der Waals surface area (Å²) in [5, 5.41) is 4.08. The molecule has 1 amide bonds. The number of fused-ring (bicyclic) bond motifs is 1. The molecule has 0 saturated carbocycles. The Morgan fingerprint density at radius 2 is 2.24 bits per heavy atom. The van der Waals surface area contributed by atoms with Gasteiger partial charge in [0.2, 0.25) is 5.91 Å². The van der Waals surface area contributed by atoms with Gasteiger partial charge in [0.1, 0.15) is 0 Å². The largest absolute Gasteiger partial charge is 0.361 e. The summed E-state index contributed by atoms with van der Waals surface area (Å²) in [6.07, 6.45) is 6.12. The average Bonchev–Trinajstić information content (AvgIpc) is 2.73. The molecule has 2 aromatic rings. The average molecular weight is 228 g/mol. The zero-order chi connectivity index (χ0) is 12.1. The summed E-state index contributed by atoms with van der Waals surface area (Å²) < 4.78 is 0. The van der Waals surface area contributed by atoms with Crippen molar-refractivity contribution in [3.05, 3.63) is 48.2 Å². The Hall–Kier alpha value is -2.03. The number of aromatic amines is 1. The molecule has 17 heavy (non-hydrogen) atoms. The molecule has 1 heterocycles. The topological polar surface area (TPSA) is 44.9 Å². The van der Waals surface area contributed by atoms with Gasteiger partial charge in [0.25, 0.3) is 0 Å². The second-order valence-corrected chi connectivity index (χ2v) is 3.90. The SMILES string of the molecule is CC=CC(=O)NCCc1c[nH]c2ccccc12. The normalized spacial score (nSPS) is 11.1. The summed E-state index contributed by atoms with van der Waals surface area (Å²) in [7, 11) is 0. The van der Waals surface area contributed by atoms with Gasteiger partial charge in [-0.05, 0) is 31.1 Å². The fraction of sp³-hybridized carbons (Fsp3) is 0.214. The Kier molecular flexibility index (Phi) is 3.60. The van der Waals surface area contributed by atoms with Crippen molar-refractivity contribution in [2.75, 3.05) is 6.54 Å². The number of allylic oxidation sites excluding steroid dienone is 1. The van der Waals surface area contributed by atoms with E-state index in [0.717, 1.165) is 11.9 Å². The molecule has 3 heteroatoms. The minimum atomic E-state index is -0.0349. The number of hydrogen-bond acceptors (Lipinski definition) is 1. The molecule has 0 saturated heterocycles. The number of amides is 1. The van der Waals surface area contributed by atoms with E-state index in [0.29, 0.717) is 6.54 Å². The van der Waals surface area contributed by atoms with E-state index in [-0.39, 0.29) is 5.91 Å². The number of rotatable bonds is 4. The van der Waals surface area contributed by atoms with Crippen LogP contribution in [0.1, 0.15) is 12.5 Å². The number of benzene rings is 1. The van der Waals surface area contributed by atoms with Crippen LogP contribution in [-0.2, 0) is 11.2 Å². The molecule has 0 aliphatic rings. The molecule has 0 bridgehead atoms. The highest BCUT2D eigenvalue weighted by molar-refractivity contribution is 5.87. The molecular formula is C14H16N2O. The molecule has 0 fully saturated rings. The highest BCUT2D eigenvalue weighted by atomic mass is 16.1. The number of carbonyl (C=O) groups is 1. The van der Waals surface area contributed by atoms with E-state index < -0.39 is 0 Å². The Morgan fingerprint density at radius 1 is 1.41 bits per heavy atom. The van der Waals surface area contributed by atoms with Gasteiger partial charge in [-0.1, -0.05) is 24.3 Å². The van der Waals surface area contributed by atoms with Crippen LogP contribution < -0.4 is 5.32 Å². The molecule has 0 unspecified atom stereocenters. The lowest BCUT2D eigenvalue weighted by molar-refractivity contribution is -0.116. The number of carbonyl (C=O) groups excluding carboxylic acids is 1. The number of para-hydroxylation sites is 1. The van der Waals surface area contributed by atoms with Crippen LogP contribution in [-0.4, -0.2) is 17.4 Å². The zero-order valence-corrected chi connectivity index (χ0v) is 9.86. The molecule has 0 aliphatic heterocycles. The number of nitrogens with one attached hydrogen (secondary N) is 2. The molecular weight excluding hydrogens is 212 g/mol. The predicted octanol–water partition coefficient (Wildman–Crippen LogP) is 2.40. The number of hydrogen-bond donors (Lipinski definition) is 2. The van der Waals surface area contributed by atoms with E-state index in [1.165, 1.54) is 17.0 Å². The maximum atomic E-state index is 11.2. The van der Waals surface area contributed by atoms with Gasteiger partial charge in [0, 0.05) is 23.6 Å². The van der Waals surface area contributed by atoms with E-state index in [1.807, 2.05) is 25.3 Å². The molecule has 0 spiro atoms. The standard InChI is InChI=1S/C14H16N2O/c1-2-5-14(17)15-9-8-11-10-16-13-7-4-3-6-12(11)13/h2-7,10,16H,8-9H2,1H3,(H,15,17). The molecule has 0 radical (unpaired) electrons. The zero-order valence-electron chi connectivity index (χ0n) is 9.86. The van der Waals surface area contributed by atoms with Crippen molar-refractivity contribution in [2.24, 2.45) is 0 Å². The quantitative estimate of drug-likeness (QED) is 0.775. The van der Waals surface area contributed by atoms with Crippen molar-refractivity contribution in [1.82, 2.24) is 10.3 Å². The third kappa shape index (κ3) is 2.75. The molecule has 2 N–H and O–H groups in total. The molecule has 2 rings (SSSR count). The summed E-state index contributed by atoms with van der Waals surface area (Å²) in [6, 6.07) is 8.18. The first-order chi connectivity index (χ1) is 8.31. The van der Waals surface area contributed by atoms with Gasteiger partial charge in [-0.3, -0.25) is 4.79 Å². The maximum Gasteiger partial charge on any atom is 0.243 e. The van der Waals surface area contributed by atoms with Gasteiger partial charge in [-0.15, -0.1) is 0 Å². The van der Waals surface area contributed by atoms with Gasteiger partial charge in [0.15, 0.2) is 0 Å². The Balaban J connectivity index is 1.97. The van der Waals surface area contributed by atoms with Crippen LogP contribution in [0.5, 0.6) is 0 Å². The van der Waals surface area contributed by atoms with Crippen molar-refractivity contribution in [2.45, 2.75) is 13.3 Å². The van der Waals surface area contributed by atoms with E-state index in [2.05, 4.69) is 22.4 Å². The molecule has 1 aromatic carbocycles. The van der Waals surface area contributed by atoms with Gasteiger partial charge >= 0.3 is 0 Å². The highest BCUT2D eigenvalue weighted by Crippen LogP contribution is 2.17. The van der Waals surface area contributed by atoms with Gasteiger partial charge in [-0.2, -0.15) is 0 Å². The Labute approximate surface area is 101 Å². The van der Waals surface area contributed by atoms with E-state index in [1.54, 1.807) is 6.08 Å². The summed E-state index contributed by atoms with van der Waals surface area (Å²) in [4.78, 5) is 14.5. The summed E-state index contributed by atoms with van der Waals surface area (Å²) in [5.41, 5.74) is 2.38. The Morgan fingerprint density at radius 3 is 3.06 bits per heavy atom. The first kappa shape index (κ1) is 11.5. The van der Waals surface area contributed by atoms with Crippen molar-refractivity contribution < 1.29 is 4.79 Å². The van der Waals surface area contributed by atoms with Crippen LogP contribution in [0.3, 0.4) is 0 Å². The smallest absolute Gasteiger partial charge is 0.243 e. The number of H-pyrrole nitrogens is 1. The highest BCUT2D eigenvalue weighted by Gasteiger charge is 2.02. The predicted molar refractivity (Wildman–Crippen MR) is 69.8 cm³/mol. The maximum absolute atomic E-state index is 11.2. The number of aromatic nitrogens is 1. The van der Waals surface area contributed by atoms with Gasteiger partial charge < -0.3 is 10.3 Å². The molecule has 88 valence electrons. The van der Waals surface area contributed by atoms with Crippen LogP contribution >= 0.6 is 0 Å².